The topological polar surface area (TPSA) is 41.9 Å². The first kappa shape index (κ1) is 17.3. The van der Waals surface area contributed by atoms with E-state index in [0.717, 1.165) is 49.5 Å². The molecule has 1 saturated heterocycles. The van der Waals surface area contributed by atoms with Crippen LogP contribution in [0.5, 0.6) is 5.75 Å². The zero-order valence-corrected chi connectivity index (χ0v) is 14.0. The van der Waals surface area contributed by atoms with Crippen LogP contribution in [0.25, 0.3) is 0 Å². The average molecular weight is 307 g/mol. The Morgan fingerprint density at radius 3 is 2.55 bits per heavy atom. The van der Waals surface area contributed by atoms with Gasteiger partial charge in [0.1, 0.15) is 18.5 Å². The van der Waals surface area contributed by atoms with Crippen molar-refractivity contribution in [2.24, 2.45) is 5.92 Å². The fourth-order valence-electron chi connectivity index (χ4n) is 3.06. The Bertz CT molecular complexity index is 437. The van der Waals surface area contributed by atoms with E-state index in [1.807, 2.05) is 32.0 Å². The summed E-state index contributed by atoms with van der Waals surface area (Å²) < 4.78 is 11.2. The van der Waals surface area contributed by atoms with E-state index in [1.165, 1.54) is 0 Å². The molecule has 0 bridgehead atoms. The number of hydrogen-bond donors (Lipinski definition) is 1. The van der Waals surface area contributed by atoms with Gasteiger partial charge in [0.15, 0.2) is 0 Å². The van der Waals surface area contributed by atoms with Crippen molar-refractivity contribution >= 4 is 0 Å². The second-order valence-corrected chi connectivity index (χ2v) is 6.46. The highest BCUT2D eigenvalue weighted by Gasteiger charge is 2.17. The number of aryl methyl sites for hydroxylation is 2. The lowest BCUT2D eigenvalue weighted by Crippen LogP contribution is -2.37. The van der Waals surface area contributed by atoms with Crippen LogP contribution in [0.2, 0.25) is 0 Å². The van der Waals surface area contributed by atoms with Crippen LogP contribution >= 0.6 is 0 Å². The summed E-state index contributed by atoms with van der Waals surface area (Å²) in [7, 11) is 2.07. The van der Waals surface area contributed by atoms with Gasteiger partial charge in [0.2, 0.25) is 0 Å². The van der Waals surface area contributed by atoms with Crippen LogP contribution in [0.1, 0.15) is 24.0 Å². The van der Waals surface area contributed by atoms with Crippen molar-refractivity contribution < 1.29 is 14.6 Å². The van der Waals surface area contributed by atoms with Crippen LogP contribution in [0.3, 0.4) is 0 Å². The molecule has 4 heteroatoms. The second kappa shape index (κ2) is 8.51. The number of hydrogen-bond acceptors (Lipinski definition) is 4. The molecule has 1 aliphatic rings. The Kier molecular flexibility index (Phi) is 6.68. The van der Waals surface area contributed by atoms with E-state index in [1.54, 1.807) is 0 Å². The van der Waals surface area contributed by atoms with E-state index in [9.17, 15) is 5.11 Å². The molecule has 2 rings (SSSR count). The predicted molar refractivity (Wildman–Crippen MR) is 88.5 cm³/mol. The van der Waals surface area contributed by atoms with Gasteiger partial charge in [0, 0.05) is 26.3 Å². The molecule has 1 unspecified atom stereocenters. The molecule has 1 atom stereocenters. The van der Waals surface area contributed by atoms with Crippen LogP contribution in [0, 0.1) is 19.8 Å². The molecule has 0 amide bonds. The first-order valence-electron chi connectivity index (χ1n) is 8.19. The van der Waals surface area contributed by atoms with Gasteiger partial charge in [-0.2, -0.15) is 0 Å². The van der Waals surface area contributed by atoms with Gasteiger partial charge in [0.25, 0.3) is 0 Å². The zero-order valence-electron chi connectivity index (χ0n) is 14.0. The van der Waals surface area contributed by atoms with Gasteiger partial charge in [-0.1, -0.05) is 18.2 Å². The Hall–Kier alpha value is -1.10. The summed E-state index contributed by atoms with van der Waals surface area (Å²) >= 11 is 0. The zero-order chi connectivity index (χ0) is 15.9. The summed E-state index contributed by atoms with van der Waals surface area (Å²) in [5, 5.41) is 10.2. The second-order valence-electron chi connectivity index (χ2n) is 6.46. The molecule has 0 radical (unpaired) electrons. The van der Waals surface area contributed by atoms with E-state index < -0.39 is 6.10 Å². The van der Waals surface area contributed by atoms with Crippen molar-refractivity contribution in [1.29, 1.82) is 0 Å². The smallest absolute Gasteiger partial charge is 0.125 e. The molecule has 1 aromatic rings. The van der Waals surface area contributed by atoms with Gasteiger partial charge in [-0.3, -0.25) is 0 Å². The number of rotatable bonds is 7. The number of para-hydroxylation sites is 1. The van der Waals surface area contributed by atoms with Gasteiger partial charge in [-0.25, -0.2) is 0 Å². The molecule has 1 aliphatic heterocycles. The van der Waals surface area contributed by atoms with Crippen LogP contribution in [0.15, 0.2) is 18.2 Å². The third-order valence-corrected chi connectivity index (χ3v) is 4.26. The Morgan fingerprint density at radius 2 is 1.91 bits per heavy atom. The molecule has 4 nitrogen and oxygen atoms in total. The molecule has 0 saturated carbocycles. The number of aliphatic hydroxyl groups is 1. The summed E-state index contributed by atoms with van der Waals surface area (Å²) in [6.07, 6.45) is 1.78. The molecule has 1 N–H and O–H groups in total. The SMILES string of the molecule is Cc1cccc(C)c1OCC(O)CN(C)CC1CCOCC1. The third kappa shape index (κ3) is 5.27. The summed E-state index contributed by atoms with van der Waals surface area (Å²) in [6.45, 7) is 7.81. The Balaban J connectivity index is 1.74. The van der Waals surface area contributed by atoms with E-state index in [4.69, 9.17) is 9.47 Å². The maximum Gasteiger partial charge on any atom is 0.125 e. The van der Waals surface area contributed by atoms with Gasteiger partial charge < -0.3 is 19.5 Å². The van der Waals surface area contributed by atoms with E-state index in [0.29, 0.717) is 19.1 Å². The largest absolute Gasteiger partial charge is 0.490 e. The first-order valence-corrected chi connectivity index (χ1v) is 8.19. The maximum atomic E-state index is 10.2. The van der Waals surface area contributed by atoms with Gasteiger partial charge in [0.05, 0.1) is 0 Å². The van der Waals surface area contributed by atoms with E-state index in [-0.39, 0.29) is 0 Å². The minimum atomic E-state index is -0.469. The number of ether oxygens (including phenoxy) is 2. The van der Waals surface area contributed by atoms with Gasteiger partial charge in [-0.15, -0.1) is 0 Å². The lowest BCUT2D eigenvalue weighted by molar-refractivity contribution is 0.0398. The lowest BCUT2D eigenvalue weighted by Gasteiger charge is -2.28. The highest BCUT2D eigenvalue weighted by Crippen LogP contribution is 2.22. The standard InChI is InChI=1S/C18H29NO3/c1-14-5-4-6-15(2)18(14)22-13-17(20)12-19(3)11-16-7-9-21-10-8-16/h4-6,16-17,20H,7-13H2,1-3H3. The molecule has 0 aromatic heterocycles. The van der Waals surface area contributed by atoms with Crippen molar-refractivity contribution in [2.75, 3.05) is 40.0 Å². The first-order chi connectivity index (χ1) is 10.6. The highest BCUT2D eigenvalue weighted by atomic mass is 16.5. The summed E-state index contributed by atoms with van der Waals surface area (Å²) in [4.78, 5) is 2.20. The van der Waals surface area contributed by atoms with Crippen molar-refractivity contribution in [3.8, 4) is 5.75 Å². The third-order valence-electron chi connectivity index (χ3n) is 4.26. The Labute approximate surface area is 134 Å². The molecule has 0 spiro atoms. The van der Waals surface area contributed by atoms with Crippen LogP contribution in [0.4, 0.5) is 0 Å². The minimum Gasteiger partial charge on any atom is -0.490 e. The molecular weight excluding hydrogens is 278 g/mol. The molecular formula is C18H29NO3. The number of benzene rings is 1. The van der Waals surface area contributed by atoms with Gasteiger partial charge >= 0.3 is 0 Å². The summed E-state index contributed by atoms with van der Waals surface area (Å²) in [6, 6.07) is 6.09. The minimum absolute atomic E-state index is 0.337. The van der Waals surface area contributed by atoms with Crippen molar-refractivity contribution in [1.82, 2.24) is 4.90 Å². The fourth-order valence-corrected chi connectivity index (χ4v) is 3.06. The molecule has 1 heterocycles. The number of likely N-dealkylation sites (N-methyl/N-ethyl adjacent to an activating group) is 1. The quantitative estimate of drug-likeness (QED) is 0.840. The average Bonchev–Trinajstić information content (AvgIpc) is 2.47. The number of aliphatic hydroxyl groups excluding tert-OH is 1. The predicted octanol–water partition coefficient (Wildman–Crippen LogP) is 2.40. The molecule has 0 aliphatic carbocycles. The van der Waals surface area contributed by atoms with Crippen molar-refractivity contribution in [2.45, 2.75) is 32.8 Å². The normalized spacial score (nSPS) is 17.7. The lowest BCUT2D eigenvalue weighted by atomic mass is 10.00. The monoisotopic (exact) mass is 307 g/mol. The maximum absolute atomic E-state index is 10.2. The summed E-state index contributed by atoms with van der Waals surface area (Å²) in [5.41, 5.74) is 2.23. The van der Waals surface area contributed by atoms with E-state index >= 15 is 0 Å². The fraction of sp³-hybridized carbons (Fsp3) is 0.667. The number of nitrogens with zero attached hydrogens (tertiary/aromatic N) is 1. The van der Waals surface area contributed by atoms with Crippen LogP contribution in [-0.4, -0.2) is 56.1 Å². The molecule has 1 aromatic carbocycles. The highest BCUT2D eigenvalue weighted by molar-refractivity contribution is 5.39. The van der Waals surface area contributed by atoms with Crippen molar-refractivity contribution in [3.05, 3.63) is 29.3 Å². The van der Waals surface area contributed by atoms with Crippen molar-refractivity contribution in [3.63, 3.8) is 0 Å². The van der Waals surface area contributed by atoms with Gasteiger partial charge in [-0.05, 0) is 50.8 Å². The molecule has 124 valence electrons. The van der Waals surface area contributed by atoms with Crippen LogP contribution < -0.4 is 4.74 Å². The molecule has 22 heavy (non-hydrogen) atoms. The van der Waals surface area contributed by atoms with Crippen LogP contribution in [-0.2, 0) is 4.74 Å². The Morgan fingerprint density at radius 1 is 1.27 bits per heavy atom. The molecule has 1 fully saturated rings. The summed E-state index contributed by atoms with van der Waals surface area (Å²) in [5.74, 6) is 1.58. The van der Waals surface area contributed by atoms with E-state index in [2.05, 4.69) is 11.9 Å².